The highest BCUT2D eigenvalue weighted by atomic mass is 32.2. The van der Waals surface area contributed by atoms with Crippen LogP contribution in [0.1, 0.15) is 25.0 Å². The van der Waals surface area contributed by atoms with Crippen molar-refractivity contribution >= 4 is 46.6 Å². The molecule has 1 aromatic rings. The van der Waals surface area contributed by atoms with Gasteiger partial charge in [0, 0.05) is 21.4 Å². The first-order valence-corrected chi connectivity index (χ1v) is 7.97. The molecular weight excluding hydrogens is 292 g/mol. The van der Waals surface area contributed by atoms with E-state index in [1.54, 1.807) is 6.08 Å². The van der Waals surface area contributed by atoms with Gasteiger partial charge in [-0.3, -0.25) is 4.79 Å². The molecule has 1 atom stereocenters. The number of hydrogen-bond donors (Lipinski definition) is 1. The van der Waals surface area contributed by atoms with Gasteiger partial charge in [-0.1, -0.05) is 55.2 Å². The van der Waals surface area contributed by atoms with Crippen LogP contribution in [0.25, 0.3) is 0 Å². The Bertz CT molecular complexity index is 506. The Labute approximate surface area is 130 Å². The SMILES string of the molecule is C/C(=C\C(=S)c1ccccc1C)C(=O)SC(C)CS. The number of thioether (sulfide) groups is 1. The summed E-state index contributed by atoms with van der Waals surface area (Å²) in [5.74, 6) is 0.686. The number of thiol groups is 1. The van der Waals surface area contributed by atoms with Crippen LogP contribution in [-0.2, 0) is 4.79 Å². The third kappa shape index (κ3) is 5.13. The normalized spacial score (nSPS) is 13.2. The third-order valence-corrected chi connectivity index (χ3v) is 4.88. The molecule has 0 heterocycles. The molecule has 1 rings (SSSR count). The highest BCUT2D eigenvalue weighted by Gasteiger charge is 2.11. The fourth-order valence-corrected chi connectivity index (χ4v) is 2.81. The van der Waals surface area contributed by atoms with E-state index in [2.05, 4.69) is 12.6 Å². The minimum atomic E-state index is 0.0671. The van der Waals surface area contributed by atoms with Gasteiger partial charge in [-0.25, -0.2) is 0 Å². The number of hydrogen-bond acceptors (Lipinski definition) is 4. The fraction of sp³-hybridized carbons (Fsp3) is 0.333. The lowest BCUT2D eigenvalue weighted by Crippen LogP contribution is -2.06. The second kappa shape index (κ2) is 7.88. The monoisotopic (exact) mass is 310 g/mol. The number of thiocarbonyl (C=S) groups is 1. The van der Waals surface area contributed by atoms with Gasteiger partial charge in [-0.2, -0.15) is 12.6 Å². The predicted molar refractivity (Wildman–Crippen MR) is 92.5 cm³/mol. The van der Waals surface area contributed by atoms with Crippen LogP contribution in [0.2, 0.25) is 0 Å². The first kappa shape index (κ1) is 16.5. The van der Waals surface area contributed by atoms with Crippen LogP contribution >= 0.6 is 36.6 Å². The average Bonchev–Trinajstić information content (AvgIpc) is 2.38. The van der Waals surface area contributed by atoms with Gasteiger partial charge in [0.05, 0.1) is 0 Å². The minimum absolute atomic E-state index is 0.0671. The first-order chi connectivity index (χ1) is 8.95. The molecule has 0 aliphatic heterocycles. The summed E-state index contributed by atoms with van der Waals surface area (Å²) < 4.78 is 0. The highest BCUT2D eigenvalue weighted by molar-refractivity contribution is 8.15. The zero-order valence-electron chi connectivity index (χ0n) is 11.3. The van der Waals surface area contributed by atoms with E-state index < -0.39 is 0 Å². The maximum Gasteiger partial charge on any atom is 0.215 e. The Morgan fingerprint density at radius 1 is 1.47 bits per heavy atom. The van der Waals surface area contributed by atoms with Crippen molar-refractivity contribution in [2.45, 2.75) is 26.0 Å². The molecule has 0 aliphatic rings. The second-order valence-electron chi connectivity index (χ2n) is 4.41. The molecule has 102 valence electrons. The maximum atomic E-state index is 12.0. The largest absolute Gasteiger partial charge is 0.282 e. The Morgan fingerprint density at radius 2 is 2.11 bits per heavy atom. The topological polar surface area (TPSA) is 17.1 Å². The van der Waals surface area contributed by atoms with Gasteiger partial charge in [-0.05, 0) is 31.1 Å². The van der Waals surface area contributed by atoms with Crippen molar-refractivity contribution in [1.82, 2.24) is 0 Å². The van der Waals surface area contributed by atoms with Gasteiger partial charge in [0.1, 0.15) is 0 Å². The number of carbonyl (C=O) groups is 1. The summed E-state index contributed by atoms with van der Waals surface area (Å²) >= 11 is 10.9. The van der Waals surface area contributed by atoms with Crippen molar-refractivity contribution in [2.24, 2.45) is 0 Å². The molecule has 0 spiro atoms. The first-order valence-electron chi connectivity index (χ1n) is 6.05. The molecule has 0 amide bonds. The number of carbonyl (C=O) groups excluding carboxylic acids is 1. The van der Waals surface area contributed by atoms with E-state index in [0.29, 0.717) is 16.2 Å². The summed E-state index contributed by atoms with van der Waals surface area (Å²) in [6.07, 6.45) is 1.79. The van der Waals surface area contributed by atoms with E-state index in [9.17, 15) is 4.79 Å². The van der Waals surface area contributed by atoms with Crippen LogP contribution in [0.15, 0.2) is 35.9 Å². The molecule has 1 unspecified atom stereocenters. The van der Waals surface area contributed by atoms with Crippen LogP contribution in [-0.4, -0.2) is 21.0 Å². The number of rotatable bonds is 5. The number of allylic oxidation sites excluding steroid dienone is 1. The molecule has 0 radical (unpaired) electrons. The summed E-state index contributed by atoms with van der Waals surface area (Å²) in [7, 11) is 0. The maximum absolute atomic E-state index is 12.0. The Kier molecular flexibility index (Phi) is 6.83. The predicted octanol–water partition coefficient (Wildman–Crippen LogP) is 4.24. The van der Waals surface area contributed by atoms with E-state index in [0.717, 1.165) is 11.1 Å². The summed E-state index contributed by atoms with van der Waals surface area (Å²) in [6, 6.07) is 7.94. The van der Waals surface area contributed by atoms with E-state index in [1.165, 1.54) is 11.8 Å². The van der Waals surface area contributed by atoms with Crippen molar-refractivity contribution in [1.29, 1.82) is 0 Å². The molecule has 1 aromatic carbocycles. The summed E-state index contributed by atoms with van der Waals surface area (Å²) in [4.78, 5) is 12.7. The Hall–Kier alpha value is -0.580. The van der Waals surface area contributed by atoms with E-state index in [1.807, 2.05) is 45.0 Å². The minimum Gasteiger partial charge on any atom is -0.282 e. The average molecular weight is 311 g/mol. The molecule has 0 aliphatic carbocycles. The molecular formula is C15H18OS3. The van der Waals surface area contributed by atoms with Crippen LogP contribution in [0, 0.1) is 6.92 Å². The molecule has 0 fully saturated rings. The van der Waals surface area contributed by atoms with Crippen molar-refractivity contribution in [3.05, 3.63) is 47.0 Å². The smallest absolute Gasteiger partial charge is 0.215 e. The van der Waals surface area contributed by atoms with Gasteiger partial charge < -0.3 is 0 Å². The van der Waals surface area contributed by atoms with Crippen LogP contribution < -0.4 is 0 Å². The lowest BCUT2D eigenvalue weighted by molar-refractivity contribution is -0.107. The molecule has 0 aromatic heterocycles. The summed E-state index contributed by atoms with van der Waals surface area (Å²) in [6.45, 7) is 5.82. The van der Waals surface area contributed by atoms with Crippen molar-refractivity contribution in [2.75, 3.05) is 5.75 Å². The van der Waals surface area contributed by atoms with Gasteiger partial charge in [0.2, 0.25) is 5.12 Å². The van der Waals surface area contributed by atoms with Gasteiger partial charge in [0.15, 0.2) is 0 Å². The molecule has 0 N–H and O–H groups in total. The van der Waals surface area contributed by atoms with Gasteiger partial charge >= 0.3 is 0 Å². The van der Waals surface area contributed by atoms with E-state index in [4.69, 9.17) is 12.2 Å². The van der Waals surface area contributed by atoms with Crippen molar-refractivity contribution in [3.63, 3.8) is 0 Å². The van der Waals surface area contributed by atoms with E-state index in [-0.39, 0.29) is 10.4 Å². The second-order valence-corrected chi connectivity index (χ2v) is 6.62. The summed E-state index contributed by atoms with van der Waals surface area (Å²) in [5.41, 5.74) is 2.82. The molecule has 1 nitrogen and oxygen atoms in total. The molecule has 0 saturated carbocycles. The zero-order valence-corrected chi connectivity index (χ0v) is 13.9. The highest BCUT2D eigenvalue weighted by Crippen LogP contribution is 2.19. The fourth-order valence-electron chi connectivity index (χ4n) is 1.50. The van der Waals surface area contributed by atoms with Crippen LogP contribution in [0.5, 0.6) is 0 Å². The molecule has 0 saturated heterocycles. The van der Waals surface area contributed by atoms with Gasteiger partial charge in [0.25, 0.3) is 0 Å². The van der Waals surface area contributed by atoms with Crippen molar-refractivity contribution in [3.8, 4) is 0 Å². The van der Waals surface area contributed by atoms with Crippen LogP contribution in [0.3, 0.4) is 0 Å². The van der Waals surface area contributed by atoms with Gasteiger partial charge in [-0.15, -0.1) is 0 Å². The van der Waals surface area contributed by atoms with Crippen LogP contribution in [0.4, 0.5) is 0 Å². The third-order valence-electron chi connectivity index (χ3n) is 2.65. The molecule has 19 heavy (non-hydrogen) atoms. The standard InChI is InChI=1S/C15H18OS3/c1-10-6-4-5-7-13(10)14(18)8-11(2)15(16)19-12(3)9-17/h4-8,12,17H,9H2,1-3H3/b11-8+. The van der Waals surface area contributed by atoms with E-state index >= 15 is 0 Å². The lowest BCUT2D eigenvalue weighted by atomic mass is 10.0. The molecule has 0 bridgehead atoms. The summed E-state index contributed by atoms with van der Waals surface area (Å²) in [5, 5.41) is 0.281. The lowest BCUT2D eigenvalue weighted by Gasteiger charge is -2.08. The number of aryl methyl sites for hydroxylation is 1. The Balaban J connectivity index is 2.82. The van der Waals surface area contributed by atoms with Crippen molar-refractivity contribution < 1.29 is 4.79 Å². The zero-order chi connectivity index (χ0) is 14.4. The molecule has 4 heteroatoms. The number of benzene rings is 1. The Morgan fingerprint density at radius 3 is 2.68 bits per heavy atom. The quantitative estimate of drug-likeness (QED) is 0.379.